The Bertz CT molecular complexity index is 548. The van der Waals surface area contributed by atoms with E-state index in [-0.39, 0.29) is 0 Å². The molecule has 94 valence electrons. The Kier molecular flexibility index (Phi) is 2.83. The number of hydrogen-bond acceptors (Lipinski definition) is 4. The summed E-state index contributed by atoms with van der Waals surface area (Å²) in [6.07, 6.45) is 9.75. The van der Waals surface area contributed by atoms with Crippen molar-refractivity contribution in [2.24, 2.45) is 7.05 Å². The van der Waals surface area contributed by atoms with Crippen LogP contribution in [0.25, 0.3) is 11.5 Å². The molecule has 1 atom stereocenters. The highest BCUT2D eigenvalue weighted by atomic mass is 15.2. The fourth-order valence-electron chi connectivity index (χ4n) is 2.55. The molecule has 0 aliphatic carbocycles. The SMILES string of the molecule is CN1CCC[C@H]1c1cncc(-c2nccn2C)n1. The smallest absolute Gasteiger partial charge is 0.159 e. The van der Waals surface area contributed by atoms with E-state index in [1.165, 1.54) is 6.42 Å². The highest BCUT2D eigenvalue weighted by Gasteiger charge is 2.24. The number of aryl methyl sites for hydroxylation is 1. The number of aromatic nitrogens is 4. The standard InChI is InChI=1S/C13H17N5/c1-17-6-3-4-12(17)10-8-14-9-11(16-10)13-15-5-7-18(13)2/h5,7-9,12H,3-4,6H2,1-2H3/t12-/m0/s1. The lowest BCUT2D eigenvalue weighted by Crippen LogP contribution is -2.18. The summed E-state index contributed by atoms with van der Waals surface area (Å²) >= 11 is 0. The molecule has 0 aromatic carbocycles. The van der Waals surface area contributed by atoms with Crippen LogP contribution in [0.4, 0.5) is 0 Å². The average molecular weight is 243 g/mol. The molecule has 0 spiro atoms. The minimum Gasteiger partial charge on any atom is -0.333 e. The molecule has 3 heterocycles. The lowest BCUT2D eigenvalue weighted by atomic mass is 10.1. The summed E-state index contributed by atoms with van der Waals surface area (Å²) in [5.41, 5.74) is 1.90. The molecular formula is C13H17N5. The second kappa shape index (κ2) is 4.49. The van der Waals surface area contributed by atoms with Gasteiger partial charge in [0.25, 0.3) is 0 Å². The van der Waals surface area contributed by atoms with E-state index in [1.807, 2.05) is 24.0 Å². The lowest BCUT2D eigenvalue weighted by molar-refractivity contribution is 0.311. The van der Waals surface area contributed by atoms with Gasteiger partial charge in [0.05, 0.1) is 24.1 Å². The van der Waals surface area contributed by atoms with Gasteiger partial charge < -0.3 is 4.57 Å². The van der Waals surface area contributed by atoms with E-state index in [0.717, 1.165) is 30.2 Å². The molecule has 1 fully saturated rings. The second-order valence-corrected chi connectivity index (χ2v) is 4.83. The minimum absolute atomic E-state index is 0.401. The maximum atomic E-state index is 4.72. The number of hydrogen-bond donors (Lipinski definition) is 0. The topological polar surface area (TPSA) is 46.8 Å². The van der Waals surface area contributed by atoms with Gasteiger partial charge >= 0.3 is 0 Å². The first-order chi connectivity index (χ1) is 8.75. The van der Waals surface area contributed by atoms with Crippen LogP contribution in [0.1, 0.15) is 24.6 Å². The van der Waals surface area contributed by atoms with Crippen LogP contribution in [0.3, 0.4) is 0 Å². The van der Waals surface area contributed by atoms with Crippen LogP contribution in [0, 0.1) is 0 Å². The van der Waals surface area contributed by atoms with Gasteiger partial charge in [0, 0.05) is 19.4 Å². The van der Waals surface area contributed by atoms with Gasteiger partial charge in [0.15, 0.2) is 5.82 Å². The average Bonchev–Trinajstić information content (AvgIpc) is 2.98. The number of nitrogens with zero attached hydrogens (tertiary/aromatic N) is 5. The largest absolute Gasteiger partial charge is 0.333 e. The quantitative estimate of drug-likeness (QED) is 0.804. The Morgan fingerprint density at radius 3 is 2.83 bits per heavy atom. The zero-order chi connectivity index (χ0) is 12.5. The Morgan fingerprint density at radius 2 is 2.17 bits per heavy atom. The van der Waals surface area contributed by atoms with Gasteiger partial charge in [0.2, 0.25) is 0 Å². The van der Waals surface area contributed by atoms with Crippen LogP contribution in [0.5, 0.6) is 0 Å². The van der Waals surface area contributed by atoms with E-state index in [0.29, 0.717) is 6.04 Å². The van der Waals surface area contributed by atoms with Crippen molar-refractivity contribution in [2.75, 3.05) is 13.6 Å². The molecule has 2 aromatic heterocycles. The molecule has 1 aliphatic rings. The van der Waals surface area contributed by atoms with Gasteiger partial charge in [-0.3, -0.25) is 9.88 Å². The first kappa shape index (κ1) is 11.3. The Balaban J connectivity index is 1.97. The zero-order valence-electron chi connectivity index (χ0n) is 10.7. The second-order valence-electron chi connectivity index (χ2n) is 4.83. The van der Waals surface area contributed by atoms with Crippen molar-refractivity contribution in [2.45, 2.75) is 18.9 Å². The Hall–Kier alpha value is -1.75. The summed E-state index contributed by atoms with van der Waals surface area (Å²) in [6.45, 7) is 1.14. The third-order valence-electron chi connectivity index (χ3n) is 3.57. The van der Waals surface area contributed by atoms with Crippen molar-refractivity contribution < 1.29 is 0 Å². The fraction of sp³-hybridized carbons (Fsp3) is 0.462. The molecule has 1 saturated heterocycles. The van der Waals surface area contributed by atoms with Crippen LogP contribution in [-0.4, -0.2) is 38.0 Å². The predicted octanol–water partition coefficient (Wildman–Crippen LogP) is 1.64. The summed E-state index contributed by atoms with van der Waals surface area (Å²) in [7, 11) is 4.12. The molecule has 1 aliphatic heterocycles. The first-order valence-electron chi connectivity index (χ1n) is 6.25. The van der Waals surface area contributed by atoms with E-state index in [9.17, 15) is 0 Å². The van der Waals surface area contributed by atoms with E-state index < -0.39 is 0 Å². The number of rotatable bonds is 2. The van der Waals surface area contributed by atoms with Crippen molar-refractivity contribution in [3.8, 4) is 11.5 Å². The zero-order valence-corrected chi connectivity index (χ0v) is 10.7. The molecule has 0 unspecified atom stereocenters. The normalized spacial score (nSPS) is 20.4. The Morgan fingerprint density at radius 1 is 1.28 bits per heavy atom. The van der Waals surface area contributed by atoms with E-state index in [1.54, 1.807) is 12.4 Å². The predicted molar refractivity (Wildman–Crippen MR) is 68.8 cm³/mol. The third-order valence-corrected chi connectivity index (χ3v) is 3.57. The van der Waals surface area contributed by atoms with Gasteiger partial charge in [0.1, 0.15) is 5.69 Å². The maximum absolute atomic E-state index is 4.72. The van der Waals surface area contributed by atoms with Crippen LogP contribution in [0.15, 0.2) is 24.8 Å². The van der Waals surface area contributed by atoms with Crippen molar-refractivity contribution in [3.63, 3.8) is 0 Å². The molecule has 5 heteroatoms. The maximum Gasteiger partial charge on any atom is 0.159 e. The van der Waals surface area contributed by atoms with Crippen LogP contribution in [0.2, 0.25) is 0 Å². The van der Waals surface area contributed by atoms with Gasteiger partial charge in [-0.1, -0.05) is 0 Å². The van der Waals surface area contributed by atoms with Crippen molar-refractivity contribution in [1.82, 2.24) is 24.4 Å². The van der Waals surface area contributed by atoms with Crippen molar-refractivity contribution >= 4 is 0 Å². The summed E-state index contributed by atoms with van der Waals surface area (Å²) in [5, 5.41) is 0. The molecule has 0 N–H and O–H groups in total. The molecule has 2 aromatic rings. The van der Waals surface area contributed by atoms with Crippen molar-refractivity contribution in [3.05, 3.63) is 30.5 Å². The molecule has 0 amide bonds. The van der Waals surface area contributed by atoms with Crippen LogP contribution < -0.4 is 0 Å². The van der Waals surface area contributed by atoms with Crippen molar-refractivity contribution in [1.29, 1.82) is 0 Å². The minimum atomic E-state index is 0.401. The lowest BCUT2D eigenvalue weighted by Gasteiger charge is -2.18. The molecule has 0 saturated carbocycles. The summed E-state index contributed by atoms with van der Waals surface area (Å²) < 4.78 is 1.96. The van der Waals surface area contributed by atoms with E-state index in [2.05, 4.69) is 21.9 Å². The number of likely N-dealkylation sites (tertiary alicyclic amines) is 1. The van der Waals surface area contributed by atoms with Crippen LogP contribution in [-0.2, 0) is 7.05 Å². The molecule has 0 bridgehead atoms. The number of imidazole rings is 1. The fourth-order valence-corrected chi connectivity index (χ4v) is 2.55. The highest BCUT2D eigenvalue weighted by Crippen LogP contribution is 2.29. The van der Waals surface area contributed by atoms with Gasteiger partial charge in [-0.15, -0.1) is 0 Å². The Labute approximate surface area is 107 Å². The molecule has 18 heavy (non-hydrogen) atoms. The van der Waals surface area contributed by atoms with E-state index >= 15 is 0 Å². The summed E-state index contributed by atoms with van der Waals surface area (Å²) in [5.74, 6) is 0.866. The summed E-state index contributed by atoms with van der Waals surface area (Å²) in [4.78, 5) is 15.7. The van der Waals surface area contributed by atoms with E-state index in [4.69, 9.17) is 4.98 Å². The van der Waals surface area contributed by atoms with Crippen LogP contribution >= 0.6 is 0 Å². The van der Waals surface area contributed by atoms with Gasteiger partial charge in [-0.25, -0.2) is 9.97 Å². The van der Waals surface area contributed by atoms with Gasteiger partial charge in [-0.05, 0) is 26.4 Å². The highest BCUT2D eigenvalue weighted by molar-refractivity contribution is 5.48. The third kappa shape index (κ3) is 1.90. The molecular weight excluding hydrogens is 226 g/mol. The monoisotopic (exact) mass is 243 g/mol. The van der Waals surface area contributed by atoms with Gasteiger partial charge in [-0.2, -0.15) is 0 Å². The molecule has 0 radical (unpaired) electrons. The first-order valence-corrected chi connectivity index (χ1v) is 6.25. The molecule has 5 nitrogen and oxygen atoms in total. The molecule has 3 rings (SSSR count). The summed E-state index contributed by atoms with van der Waals surface area (Å²) in [6, 6.07) is 0.401.